The van der Waals surface area contributed by atoms with Gasteiger partial charge in [-0.15, -0.1) is 16.9 Å². The van der Waals surface area contributed by atoms with Crippen molar-refractivity contribution in [3.8, 4) is 0 Å². The van der Waals surface area contributed by atoms with E-state index in [4.69, 9.17) is 41.8 Å². The minimum Gasteiger partial charge on any atom is -0.382 e. The highest BCUT2D eigenvalue weighted by Gasteiger charge is 2.43. The van der Waals surface area contributed by atoms with Crippen molar-refractivity contribution in [1.29, 1.82) is 0 Å². The van der Waals surface area contributed by atoms with Crippen LogP contribution in [-0.4, -0.2) is 86.4 Å². The van der Waals surface area contributed by atoms with E-state index < -0.39 is 54.3 Å². The van der Waals surface area contributed by atoms with Crippen LogP contribution in [0.2, 0.25) is 0 Å². The lowest BCUT2D eigenvalue weighted by molar-refractivity contribution is -0.105. The number of fused-ring (bicyclic) bond motifs is 4. The van der Waals surface area contributed by atoms with Crippen LogP contribution in [0.15, 0.2) is 17.4 Å². The van der Waals surface area contributed by atoms with Gasteiger partial charge in [0.05, 0.1) is 19.5 Å². The van der Waals surface area contributed by atoms with Crippen molar-refractivity contribution in [2.75, 3.05) is 24.7 Å². The molecule has 2 bridgehead atoms. The van der Waals surface area contributed by atoms with Gasteiger partial charge in [0.15, 0.2) is 34.4 Å². The summed E-state index contributed by atoms with van der Waals surface area (Å²) in [6.45, 7) is -2.65. The highest BCUT2D eigenvalue weighted by molar-refractivity contribution is 8.07. The minimum atomic E-state index is -3.92. The summed E-state index contributed by atoms with van der Waals surface area (Å²) >= 11 is 6.62. The van der Waals surface area contributed by atoms with Crippen LogP contribution in [0, 0.1) is 0 Å². The van der Waals surface area contributed by atoms with Crippen molar-refractivity contribution in [3.05, 3.63) is 23.0 Å². The van der Waals surface area contributed by atoms with E-state index in [2.05, 4.69) is 35.2 Å². The van der Waals surface area contributed by atoms with Gasteiger partial charge < -0.3 is 34.9 Å². The largest absolute Gasteiger partial charge is 0.382 e. The quantitative estimate of drug-likeness (QED) is 0.228. The van der Waals surface area contributed by atoms with Crippen LogP contribution < -0.4 is 17.0 Å². The number of H-pyrrole nitrogens is 1. The molecule has 0 spiro atoms. The average molecular weight is 630 g/mol. The Kier molecular flexibility index (Phi) is 7.66. The highest BCUT2D eigenvalue weighted by atomic mass is 32.5. The number of aromatic amines is 1. The summed E-state index contributed by atoms with van der Waals surface area (Å²) in [6.07, 6.45) is -1.35. The first-order chi connectivity index (χ1) is 19.6. The normalized spacial score (nSPS) is 30.3. The lowest BCUT2D eigenvalue weighted by atomic mass is 10.2. The van der Waals surface area contributed by atoms with Gasteiger partial charge in [-0.2, -0.15) is 9.67 Å². The molecule has 2 aliphatic rings. The lowest BCUT2D eigenvalue weighted by Crippen LogP contribution is -2.34. The standard InChI is InChI=1S/C20H25FN11O6PS2/c1-8(32-16-13(29-30-32)15(22)24-6-25-16)37-11-5-36-39(34,40)38-10-4-12(35-3-2-9(11)21)41-19(10)31-7-26-14-17(31)27-20(23)28-18(14)33/h6-12,19H,2-5H2,1H3,(H,34,40)(H2,22,24,25)(H3,23,27,28,33)/t8-,9-,10-,11-,12?,19-,39?/m1/s1. The molecule has 17 nitrogen and oxygen atoms in total. The molecular formula is C20H25FN11O6PS2. The lowest BCUT2D eigenvalue weighted by Gasteiger charge is -2.29. The summed E-state index contributed by atoms with van der Waals surface area (Å²) in [6, 6.07) is 0. The minimum absolute atomic E-state index is 0.0308. The van der Waals surface area contributed by atoms with Gasteiger partial charge in [0.25, 0.3) is 5.56 Å². The van der Waals surface area contributed by atoms with Crippen LogP contribution >= 0.6 is 18.5 Å². The number of rotatable bonds is 4. The van der Waals surface area contributed by atoms with Crippen LogP contribution in [0.5, 0.6) is 0 Å². The maximum atomic E-state index is 15.5. The third-order valence-corrected chi connectivity index (χ3v) is 9.56. The molecule has 2 unspecified atom stereocenters. The molecule has 6 rings (SSSR count). The molecule has 2 fully saturated rings. The Morgan fingerprint density at radius 1 is 1.32 bits per heavy atom. The Hall–Kier alpha value is -2.84. The van der Waals surface area contributed by atoms with E-state index in [1.807, 2.05) is 0 Å². The highest BCUT2D eigenvalue weighted by Crippen LogP contribution is 2.54. The number of hydrogen-bond donors (Lipinski definition) is 4. The van der Waals surface area contributed by atoms with Crippen molar-refractivity contribution in [2.24, 2.45) is 0 Å². The Balaban J connectivity index is 1.22. The van der Waals surface area contributed by atoms with Gasteiger partial charge in [0.2, 0.25) is 5.95 Å². The number of aromatic nitrogens is 9. The van der Waals surface area contributed by atoms with E-state index in [0.717, 1.165) is 0 Å². The zero-order chi connectivity index (χ0) is 28.9. The number of imidazole rings is 1. The Bertz CT molecular complexity index is 1690. The molecule has 0 aromatic carbocycles. The molecule has 0 saturated carbocycles. The number of nitrogens with one attached hydrogen (secondary N) is 1. The molecule has 21 heteroatoms. The van der Waals surface area contributed by atoms with Gasteiger partial charge in [0.1, 0.15) is 35.5 Å². The smallest absolute Gasteiger partial charge is 0.324 e. The van der Waals surface area contributed by atoms with E-state index in [9.17, 15) is 9.69 Å². The molecule has 0 amide bonds. The second kappa shape index (κ2) is 11.1. The molecule has 6 N–H and O–H groups in total. The number of hydrogen-bond acceptors (Lipinski definition) is 15. The summed E-state index contributed by atoms with van der Waals surface area (Å²) in [5.41, 5.74) is 11.5. The number of alkyl halides is 1. The zero-order valence-electron chi connectivity index (χ0n) is 21.3. The van der Waals surface area contributed by atoms with Crippen LogP contribution in [0.4, 0.5) is 16.2 Å². The fraction of sp³-hybridized carbons (Fsp3) is 0.550. The first-order valence-corrected chi connectivity index (χ1v) is 15.9. The number of ether oxygens (including phenoxy) is 2. The van der Waals surface area contributed by atoms with E-state index in [0.29, 0.717) is 12.1 Å². The summed E-state index contributed by atoms with van der Waals surface area (Å²) in [7, 11) is 0. The maximum absolute atomic E-state index is 15.5. The Labute approximate surface area is 239 Å². The van der Waals surface area contributed by atoms with E-state index in [1.54, 1.807) is 11.5 Å². The first-order valence-electron chi connectivity index (χ1n) is 12.4. The molecule has 2 saturated heterocycles. The maximum Gasteiger partial charge on any atom is 0.324 e. The van der Waals surface area contributed by atoms with Gasteiger partial charge in [0, 0.05) is 12.8 Å². The topological polar surface area (TPSA) is 229 Å². The Morgan fingerprint density at radius 2 is 2.15 bits per heavy atom. The number of thioether (sulfide) groups is 1. The number of nitrogens with zero attached hydrogens (tertiary/aromatic N) is 8. The summed E-state index contributed by atoms with van der Waals surface area (Å²) in [5, 5.41) is 7.42. The second-order valence-corrected chi connectivity index (χ2v) is 13.4. The fourth-order valence-electron chi connectivity index (χ4n) is 4.61. The number of nitrogens with two attached hydrogens (primary N) is 2. The number of halogens is 1. The van der Waals surface area contributed by atoms with Crippen LogP contribution in [0.25, 0.3) is 22.3 Å². The van der Waals surface area contributed by atoms with Gasteiger partial charge in [-0.3, -0.25) is 14.3 Å². The van der Waals surface area contributed by atoms with E-state index in [-0.39, 0.29) is 41.5 Å². The van der Waals surface area contributed by atoms with E-state index in [1.165, 1.54) is 29.1 Å². The Morgan fingerprint density at radius 3 is 2.98 bits per heavy atom. The molecule has 220 valence electrons. The summed E-state index contributed by atoms with van der Waals surface area (Å²) in [5.74, 6) is 0.0602. The van der Waals surface area contributed by atoms with Crippen molar-refractivity contribution in [3.63, 3.8) is 0 Å². The first kappa shape index (κ1) is 28.3. The fourth-order valence-corrected chi connectivity index (χ4v) is 7.56. The van der Waals surface area contributed by atoms with Gasteiger partial charge in [-0.1, -0.05) is 5.21 Å². The van der Waals surface area contributed by atoms with Gasteiger partial charge >= 0.3 is 6.72 Å². The molecule has 4 aromatic heterocycles. The molecular weight excluding hydrogens is 604 g/mol. The van der Waals surface area contributed by atoms with Crippen LogP contribution in [0.3, 0.4) is 0 Å². The van der Waals surface area contributed by atoms with Gasteiger partial charge in [-0.05, 0) is 18.7 Å². The molecule has 7 atom stereocenters. The van der Waals surface area contributed by atoms with Crippen molar-refractivity contribution < 1.29 is 27.8 Å². The molecule has 41 heavy (non-hydrogen) atoms. The molecule has 6 heterocycles. The summed E-state index contributed by atoms with van der Waals surface area (Å²) < 4.78 is 41.8. The van der Waals surface area contributed by atoms with Crippen molar-refractivity contribution >= 4 is 64.4 Å². The van der Waals surface area contributed by atoms with Crippen LogP contribution in [0.1, 0.15) is 31.4 Å². The third-order valence-electron chi connectivity index (χ3n) is 6.54. The molecule has 4 aromatic rings. The van der Waals surface area contributed by atoms with Crippen molar-refractivity contribution in [1.82, 2.24) is 44.5 Å². The van der Waals surface area contributed by atoms with Crippen LogP contribution in [-0.2, 0) is 30.3 Å². The van der Waals surface area contributed by atoms with Gasteiger partial charge in [-0.25, -0.2) is 19.3 Å². The third kappa shape index (κ3) is 5.65. The molecule has 0 radical (unpaired) electrons. The number of nitrogen functional groups attached to an aromatic ring is 2. The predicted molar refractivity (Wildman–Crippen MR) is 148 cm³/mol. The predicted octanol–water partition coefficient (Wildman–Crippen LogP) is 0.761. The average Bonchev–Trinajstić information content (AvgIpc) is 3.63. The second-order valence-electron chi connectivity index (χ2n) is 9.29. The van der Waals surface area contributed by atoms with Crippen molar-refractivity contribution in [2.45, 2.75) is 55.2 Å². The monoisotopic (exact) mass is 629 g/mol. The molecule has 2 aliphatic heterocycles. The SMILES string of the molecule is C[C@@H](O[C@@H]1COP(O)(=S)O[C@@H]2CC(OCC[C@H]1F)S[C@H]2n1cnc2c(=O)[nH]c(N)nc21)n1nnc2c(N)ncnc21. The van der Waals surface area contributed by atoms with E-state index >= 15 is 4.39 Å². The molecule has 0 aliphatic carbocycles. The zero-order valence-corrected chi connectivity index (χ0v) is 23.8. The number of anilines is 2. The summed E-state index contributed by atoms with van der Waals surface area (Å²) in [4.78, 5) is 42.0.